The largest absolute Gasteiger partial charge is 0.410 e. The number of amides is 1. The van der Waals surface area contributed by atoms with Gasteiger partial charge in [-0.25, -0.2) is 9.37 Å². The SMILES string of the molecule is CC(=O)Nc1cc(C(=O)C(=NO)c2ccc(F)cc2)ccn1. The average molecular weight is 301 g/mol. The van der Waals surface area contributed by atoms with Crippen LogP contribution in [0.25, 0.3) is 0 Å². The molecule has 0 fully saturated rings. The van der Waals surface area contributed by atoms with Crippen LogP contribution < -0.4 is 5.32 Å². The number of rotatable bonds is 4. The highest BCUT2D eigenvalue weighted by molar-refractivity contribution is 6.51. The smallest absolute Gasteiger partial charge is 0.222 e. The molecule has 22 heavy (non-hydrogen) atoms. The van der Waals surface area contributed by atoms with Crippen LogP contribution in [0.15, 0.2) is 47.8 Å². The van der Waals surface area contributed by atoms with Gasteiger partial charge in [0.05, 0.1) is 0 Å². The van der Waals surface area contributed by atoms with Crippen LogP contribution in [0.2, 0.25) is 0 Å². The molecule has 0 atom stereocenters. The quantitative estimate of drug-likeness (QED) is 0.392. The first kappa shape index (κ1) is 15.3. The number of hydrogen-bond acceptors (Lipinski definition) is 5. The van der Waals surface area contributed by atoms with Gasteiger partial charge in [0.1, 0.15) is 11.6 Å². The average Bonchev–Trinajstić information content (AvgIpc) is 2.49. The Hall–Kier alpha value is -3.09. The summed E-state index contributed by atoms with van der Waals surface area (Å²) >= 11 is 0. The van der Waals surface area contributed by atoms with Crippen molar-refractivity contribution in [1.29, 1.82) is 0 Å². The van der Waals surface area contributed by atoms with E-state index in [2.05, 4.69) is 15.5 Å². The highest BCUT2D eigenvalue weighted by atomic mass is 19.1. The summed E-state index contributed by atoms with van der Waals surface area (Å²) in [5, 5.41) is 14.5. The molecule has 0 bridgehead atoms. The number of anilines is 1. The van der Waals surface area contributed by atoms with Crippen molar-refractivity contribution >= 4 is 23.2 Å². The number of pyridine rings is 1. The standard InChI is InChI=1S/C15H12FN3O3/c1-9(20)18-13-8-11(6-7-17-13)15(21)14(19-22)10-2-4-12(16)5-3-10/h2-8,22H,1H3,(H,17,18,20). The summed E-state index contributed by atoms with van der Waals surface area (Å²) in [5.74, 6) is -1.17. The maximum Gasteiger partial charge on any atom is 0.222 e. The van der Waals surface area contributed by atoms with E-state index >= 15 is 0 Å². The van der Waals surface area contributed by atoms with Gasteiger partial charge in [0.25, 0.3) is 0 Å². The number of halogens is 1. The predicted molar refractivity (Wildman–Crippen MR) is 77.6 cm³/mol. The number of nitrogens with zero attached hydrogens (tertiary/aromatic N) is 2. The van der Waals surface area contributed by atoms with Gasteiger partial charge in [0.15, 0.2) is 5.71 Å². The number of benzene rings is 1. The fraction of sp³-hybridized carbons (Fsp3) is 0.0667. The van der Waals surface area contributed by atoms with Crippen molar-refractivity contribution < 1.29 is 19.2 Å². The molecule has 0 spiro atoms. The lowest BCUT2D eigenvalue weighted by molar-refractivity contribution is -0.114. The molecule has 0 radical (unpaired) electrons. The van der Waals surface area contributed by atoms with Gasteiger partial charge in [-0.1, -0.05) is 5.16 Å². The summed E-state index contributed by atoms with van der Waals surface area (Å²) in [7, 11) is 0. The molecule has 6 nitrogen and oxygen atoms in total. The Morgan fingerprint density at radius 2 is 1.86 bits per heavy atom. The maximum absolute atomic E-state index is 12.9. The topological polar surface area (TPSA) is 91.7 Å². The lowest BCUT2D eigenvalue weighted by Gasteiger charge is -2.06. The van der Waals surface area contributed by atoms with Gasteiger partial charge >= 0.3 is 0 Å². The van der Waals surface area contributed by atoms with E-state index in [1.54, 1.807) is 0 Å². The van der Waals surface area contributed by atoms with Gasteiger partial charge in [-0.3, -0.25) is 9.59 Å². The van der Waals surface area contributed by atoms with E-state index in [0.29, 0.717) is 0 Å². The number of carbonyl (C=O) groups excluding carboxylic acids is 2. The van der Waals surface area contributed by atoms with Gasteiger partial charge in [-0.05, 0) is 36.4 Å². The summed E-state index contributed by atoms with van der Waals surface area (Å²) in [6, 6.07) is 7.75. The zero-order chi connectivity index (χ0) is 16.1. The van der Waals surface area contributed by atoms with E-state index in [9.17, 15) is 14.0 Å². The first-order valence-electron chi connectivity index (χ1n) is 6.27. The van der Waals surface area contributed by atoms with E-state index in [4.69, 9.17) is 5.21 Å². The number of nitrogens with one attached hydrogen (secondary N) is 1. The molecule has 0 saturated carbocycles. The van der Waals surface area contributed by atoms with Crippen molar-refractivity contribution in [2.45, 2.75) is 6.92 Å². The van der Waals surface area contributed by atoms with Crippen LogP contribution in [0.1, 0.15) is 22.8 Å². The number of hydrogen-bond donors (Lipinski definition) is 2. The molecule has 2 rings (SSSR count). The number of oxime groups is 1. The molecule has 112 valence electrons. The van der Waals surface area contributed by atoms with Gasteiger partial charge < -0.3 is 10.5 Å². The molecule has 0 aliphatic rings. The van der Waals surface area contributed by atoms with E-state index in [1.807, 2.05) is 0 Å². The third-order valence-electron chi connectivity index (χ3n) is 2.76. The summed E-state index contributed by atoms with van der Waals surface area (Å²) in [6.07, 6.45) is 1.35. The first-order chi connectivity index (χ1) is 10.5. The number of ketones is 1. The summed E-state index contributed by atoms with van der Waals surface area (Å²) in [5.41, 5.74) is 0.211. The molecule has 0 aliphatic carbocycles. The van der Waals surface area contributed by atoms with E-state index in [0.717, 1.165) is 12.1 Å². The van der Waals surface area contributed by atoms with Crippen LogP contribution in [0, 0.1) is 5.82 Å². The molecule has 2 N–H and O–H groups in total. The molecule has 1 heterocycles. The molecule has 7 heteroatoms. The van der Waals surface area contributed by atoms with E-state index < -0.39 is 11.6 Å². The zero-order valence-electron chi connectivity index (χ0n) is 11.6. The Balaban J connectivity index is 2.33. The minimum Gasteiger partial charge on any atom is -0.410 e. The zero-order valence-corrected chi connectivity index (χ0v) is 11.6. The van der Waals surface area contributed by atoms with Gasteiger partial charge in [-0.15, -0.1) is 0 Å². The van der Waals surface area contributed by atoms with Crippen molar-refractivity contribution in [3.05, 3.63) is 59.5 Å². The lowest BCUT2D eigenvalue weighted by atomic mass is 10.0. The van der Waals surface area contributed by atoms with Crippen LogP contribution in [0.4, 0.5) is 10.2 Å². The van der Waals surface area contributed by atoms with Crippen molar-refractivity contribution in [3.8, 4) is 0 Å². The highest BCUT2D eigenvalue weighted by Gasteiger charge is 2.18. The van der Waals surface area contributed by atoms with E-state index in [1.165, 1.54) is 37.4 Å². The molecule has 1 amide bonds. The fourth-order valence-corrected chi connectivity index (χ4v) is 1.80. The van der Waals surface area contributed by atoms with E-state index in [-0.39, 0.29) is 28.6 Å². The van der Waals surface area contributed by atoms with Gasteiger partial charge in [-0.2, -0.15) is 0 Å². The first-order valence-corrected chi connectivity index (χ1v) is 6.27. The third-order valence-corrected chi connectivity index (χ3v) is 2.76. The Morgan fingerprint density at radius 3 is 2.45 bits per heavy atom. The van der Waals surface area contributed by atoms with Crippen LogP contribution in [0.5, 0.6) is 0 Å². The number of carbonyl (C=O) groups is 2. The van der Waals surface area contributed by atoms with Crippen molar-refractivity contribution in [1.82, 2.24) is 4.98 Å². The van der Waals surface area contributed by atoms with Crippen LogP contribution in [-0.4, -0.2) is 27.6 Å². The molecular formula is C15H12FN3O3. The molecule has 2 aromatic rings. The molecule has 0 unspecified atom stereocenters. The Labute approximate surface area is 125 Å². The molecule has 0 aliphatic heterocycles. The van der Waals surface area contributed by atoms with Crippen LogP contribution >= 0.6 is 0 Å². The highest BCUT2D eigenvalue weighted by Crippen LogP contribution is 2.12. The maximum atomic E-state index is 12.9. The molecular weight excluding hydrogens is 289 g/mol. The Morgan fingerprint density at radius 1 is 1.18 bits per heavy atom. The van der Waals surface area contributed by atoms with Crippen molar-refractivity contribution in [3.63, 3.8) is 0 Å². The molecule has 1 aromatic carbocycles. The summed E-state index contributed by atoms with van der Waals surface area (Å²) in [4.78, 5) is 27.3. The normalized spacial score (nSPS) is 11.1. The second kappa shape index (κ2) is 6.57. The fourth-order valence-electron chi connectivity index (χ4n) is 1.80. The Bertz CT molecular complexity index is 742. The Kier molecular flexibility index (Phi) is 4.57. The van der Waals surface area contributed by atoms with Crippen LogP contribution in [-0.2, 0) is 4.79 Å². The summed E-state index contributed by atoms with van der Waals surface area (Å²) < 4.78 is 12.9. The number of aromatic nitrogens is 1. The number of Topliss-reactive ketones (excluding diaryl/α,β-unsaturated/α-hetero) is 1. The predicted octanol–water partition coefficient (Wildman–Crippen LogP) is 2.24. The van der Waals surface area contributed by atoms with Gasteiger partial charge in [0.2, 0.25) is 11.7 Å². The van der Waals surface area contributed by atoms with Gasteiger partial charge in [0, 0.05) is 24.2 Å². The monoisotopic (exact) mass is 301 g/mol. The van der Waals surface area contributed by atoms with Crippen molar-refractivity contribution in [2.75, 3.05) is 5.32 Å². The second-order valence-electron chi connectivity index (χ2n) is 4.40. The molecule has 1 aromatic heterocycles. The minimum absolute atomic E-state index is 0.177. The third kappa shape index (κ3) is 3.51. The lowest BCUT2D eigenvalue weighted by Crippen LogP contribution is -2.17. The second-order valence-corrected chi connectivity index (χ2v) is 4.40. The molecule has 0 saturated heterocycles. The van der Waals surface area contributed by atoms with Crippen LogP contribution in [0.3, 0.4) is 0 Å². The van der Waals surface area contributed by atoms with Crippen molar-refractivity contribution in [2.24, 2.45) is 5.16 Å². The minimum atomic E-state index is -0.580. The summed E-state index contributed by atoms with van der Waals surface area (Å²) in [6.45, 7) is 1.31.